The second-order valence-corrected chi connectivity index (χ2v) is 6.42. The lowest BCUT2D eigenvalue weighted by Crippen LogP contribution is -2.38. The van der Waals surface area contributed by atoms with Crippen LogP contribution in [0, 0.1) is 13.8 Å². The third-order valence-electron chi connectivity index (χ3n) is 4.89. The number of aryl methyl sites for hydroxylation is 1. The van der Waals surface area contributed by atoms with Gasteiger partial charge in [0.1, 0.15) is 0 Å². The lowest BCUT2D eigenvalue weighted by atomic mass is 10.1. The van der Waals surface area contributed by atoms with Gasteiger partial charge in [-0.05, 0) is 38.4 Å². The Morgan fingerprint density at radius 2 is 2.04 bits per heavy atom. The van der Waals surface area contributed by atoms with Crippen molar-refractivity contribution in [2.45, 2.75) is 32.9 Å². The summed E-state index contributed by atoms with van der Waals surface area (Å²) >= 11 is 0. The number of nitrogens with zero attached hydrogens (tertiary/aromatic N) is 2. The number of carbonyl (C=O) groups excluding carboxylic acids is 1. The van der Waals surface area contributed by atoms with Gasteiger partial charge in [0.25, 0.3) is 5.91 Å². The lowest BCUT2D eigenvalue weighted by molar-refractivity contribution is 0.0743. The van der Waals surface area contributed by atoms with Gasteiger partial charge in [0, 0.05) is 37.6 Å². The van der Waals surface area contributed by atoms with Gasteiger partial charge in [0.15, 0.2) is 0 Å². The van der Waals surface area contributed by atoms with E-state index in [1.165, 1.54) is 5.56 Å². The van der Waals surface area contributed by atoms with E-state index in [9.17, 15) is 4.79 Å². The topological polar surface area (TPSA) is 37.3 Å². The SMILES string of the molecule is Cc1cc(C(=O)N(C)C2CCNC2)c(C)n1Cc1ccccc1. The van der Waals surface area contributed by atoms with Crippen LogP contribution >= 0.6 is 0 Å². The van der Waals surface area contributed by atoms with E-state index in [2.05, 4.69) is 41.1 Å². The van der Waals surface area contributed by atoms with E-state index in [1.54, 1.807) is 0 Å². The van der Waals surface area contributed by atoms with Crippen LogP contribution in [-0.2, 0) is 6.54 Å². The molecule has 23 heavy (non-hydrogen) atoms. The van der Waals surface area contributed by atoms with Crippen LogP contribution in [0.25, 0.3) is 0 Å². The van der Waals surface area contributed by atoms with Crippen LogP contribution < -0.4 is 5.32 Å². The molecule has 1 aromatic heterocycles. The Balaban J connectivity index is 1.83. The molecular weight excluding hydrogens is 286 g/mol. The summed E-state index contributed by atoms with van der Waals surface area (Å²) < 4.78 is 2.23. The largest absolute Gasteiger partial charge is 0.344 e. The molecule has 1 unspecified atom stereocenters. The van der Waals surface area contributed by atoms with E-state index in [0.717, 1.165) is 43.0 Å². The van der Waals surface area contributed by atoms with Crippen LogP contribution in [0.1, 0.15) is 33.7 Å². The number of nitrogens with one attached hydrogen (secondary N) is 1. The monoisotopic (exact) mass is 311 g/mol. The highest BCUT2D eigenvalue weighted by Crippen LogP contribution is 2.20. The summed E-state index contributed by atoms with van der Waals surface area (Å²) in [5.41, 5.74) is 4.26. The standard InChI is InChI=1S/C19H25N3O/c1-14-11-18(19(23)21(3)17-9-10-20-12-17)15(2)22(14)13-16-7-5-4-6-8-16/h4-8,11,17,20H,9-10,12-13H2,1-3H3. The van der Waals surface area contributed by atoms with Crippen LogP contribution in [0.3, 0.4) is 0 Å². The van der Waals surface area contributed by atoms with Gasteiger partial charge in [-0.15, -0.1) is 0 Å². The van der Waals surface area contributed by atoms with E-state index >= 15 is 0 Å². The number of hydrogen-bond donors (Lipinski definition) is 1. The maximum Gasteiger partial charge on any atom is 0.255 e. The molecule has 1 atom stereocenters. The van der Waals surface area contributed by atoms with Crippen LogP contribution in [0.4, 0.5) is 0 Å². The highest BCUT2D eigenvalue weighted by Gasteiger charge is 2.26. The number of likely N-dealkylation sites (N-methyl/N-ethyl adjacent to an activating group) is 1. The van der Waals surface area contributed by atoms with E-state index in [1.807, 2.05) is 31.0 Å². The molecule has 4 heteroatoms. The zero-order valence-electron chi connectivity index (χ0n) is 14.2. The zero-order valence-corrected chi connectivity index (χ0v) is 14.2. The summed E-state index contributed by atoms with van der Waals surface area (Å²) in [5.74, 6) is 0.131. The summed E-state index contributed by atoms with van der Waals surface area (Å²) in [7, 11) is 1.92. The fourth-order valence-electron chi connectivity index (χ4n) is 3.35. The summed E-state index contributed by atoms with van der Waals surface area (Å²) in [4.78, 5) is 14.8. The molecule has 2 aromatic rings. The molecule has 0 radical (unpaired) electrons. The molecular formula is C19H25N3O. The first kappa shape index (κ1) is 15.8. The molecule has 1 aliphatic rings. The van der Waals surface area contributed by atoms with Crippen LogP contribution in [0.2, 0.25) is 0 Å². The third-order valence-corrected chi connectivity index (χ3v) is 4.89. The highest BCUT2D eigenvalue weighted by atomic mass is 16.2. The summed E-state index contributed by atoms with van der Waals surface area (Å²) in [6, 6.07) is 12.7. The van der Waals surface area contributed by atoms with E-state index < -0.39 is 0 Å². The minimum atomic E-state index is 0.131. The zero-order chi connectivity index (χ0) is 16.4. The first-order valence-corrected chi connectivity index (χ1v) is 8.26. The van der Waals surface area contributed by atoms with Gasteiger partial charge in [0.2, 0.25) is 0 Å². The number of aromatic nitrogens is 1. The van der Waals surface area contributed by atoms with Crippen LogP contribution in [-0.4, -0.2) is 41.6 Å². The molecule has 1 aromatic carbocycles. The predicted molar refractivity (Wildman–Crippen MR) is 92.8 cm³/mol. The van der Waals surface area contributed by atoms with Gasteiger partial charge < -0.3 is 14.8 Å². The molecule has 2 heterocycles. The molecule has 1 amide bonds. The molecule has 1 fully saturated rings. The molecule has 1 saturated heterocycles. The first-order valence-electron chi connectivity index (χ1n) is 8.26. The van der Waals surface area contributed by atoms with Crippen molar-refractivity contribution in [3.05, 3.63) is 58.9 Å². The summed E-state index contributed by atoms with van der Waals surface area (Å²) in [6.45, 7) is 6.81. The summed E-state index contributed by atoms with van der Waals surface area (Å²) in [5, 5.41) is 3.32. The smallest absolute Gasteiger partial charge is 0.255 e. The van der Waals surface area contributed by atoms with Crippen LogP contribution in [0.15, 0.2) is 36.4 Å². The van der Waals surface area contributed by atoms with Crippen LogP contribution in [0.5, 0.6) is 0 Å². The van der Waals surface area contributed by atoms with Gasteiger partial charge in [-0.25, -0.2) is 0 Å². The Labute approximate surface area is 138 Å². The first-order chi connectivity index (χ1) is 11.1. The average molecular weight is 311 g/mol. The van der Waals surface area contributed by atoms with Crippen molar-refractivity contribution in [2.75, 3.05) is 20.1 Å². The maximum absolute atomic E-state index is 12.9. The quantitative estimate of drug-likeness (QED) is 0.942. The van der Waals surface area contributed by atoms with Gasteiger partial charge in [-0.2, -0.15) is 0 Å². The fourth-order valence-corrected chi connectivity index (χ4v) is 3.35. The van der Waals surface area contributed by atoms with Crippen molar-refractivity contribution in [1.82, 2.24) is 14.8 Å². The average Bonchev–Trinajstić information content (AvgIpc) is 3.19. The molecule has 0 bridgehead atoms. The second-order valence-electron chi connectivity index (χ2n) is 6.42. The molecule has 0 aliphatic carbocycles. The Hall–Kier alpha value is -2.07. The lowest BCUT2D eigenvalue weighted by Gasteiger charge is -2.23. The van der Waals surface area contributed by atoms with E-state index in [0.29, 0.717) is 6.04 Å². The van der Waals surface area contributed by atoms with Crippen molar-refractivity contribution < 1.29 is 4.79 Å². The minimum absolute atomic E-state index is 0.131. The number of amides is 1. The maximum atomic E-state index is 12.9. The van der Waals surface area contributed by atoms with Gasteiger partial charge in [-0.3, -0.25) is 4.79 Å². The molecule has 0 spiro atoms. The van der Waals surface area contributed by atoms with E-state index in [-0.39, 0.29) is 5.91 Å². The Bertz CT molecular complexity index is 684. The van der Waals surface area contributed by atoms with Crippen molar-refractivity contribution >= 4 is 5.91 Å². The summed E-state index contributed by atoms with van der Waals surface area (Å²) in [6.07, 6.45) is 1.03. The van der Waals surface area contributed by atoms with Gasteiger partial charge in [-0.1, -0.05) is 30.3 Å². The van der Waals surface area contributed by atoms with Crippen molar-refractivity contribution in [1.29, 1.82) is 0 Å². The number of rotatable bonds is 4. The van der Waals surface area contributed by atoms with E-state index in [4.69, 9.17) is 0 Å². The van der Waals surface area contributed by atoms with Gasteiger partial charge in [0.05, 0.1) is 5.56 Å². The second kappa shape index (κ2) is 6.59. The Kier molecular flexibility index (Phi) is 4.53. The number of hydrogen-bond acceptors (Lipinski definition) is 2. The molecule has 3 rings (SSSR count). The normalized spacial score (nSPS) is 17.4. The minimum Gasteiger partial charge on any atom is -0.344 e. The highest BCUT2D eigenvalue weighted by molar-refractivity contribution is 5.95. The molecule has 1 aliphatic heterocycles. The fraction of sp³-hybridized carbons (Fsp3) is 0.421. The van der Waals surface area contributed by atoms with Crippen molar-refractivity contribution in [3.8, 4) is 0 Å². The number of carbonyl (C=O) groups is 1. The molecule has 122 valence electrons. The molecule has 4 nitrogen and oxygen atoms in total. The Morgan fingerprint density at radius 3 is 2.70 bits per heavy atom. The Morgan fingerprint density at radius 1 is 1.30 bits per heavy atom. The van der Waals surface area contributed by atoms with Crippen molar-refractivity contribution in [2.24, 2.45) is 0 Å². The predicted octanol–water partition coefficient (Wildman–Crippen LogP) is 2.59. The molecule has 0 saturated carbocycles. The van der Waals surface area contributed by atoms with Crippen molar-refractivity contribution in [3.63, 3.8) is 0 Å². The number of benzene rings is 1. The van der Waals surface area contributed by atoms with Gasteiger partial charge >= 0.3 is 0 Å². The third kappa shape index (κ3) is 3.17. The molecule has 1 N–H and O–H groups in total.